The highest BCUT2D eigenvalue weighted by molar-refractivity contribution is 6.02. The number of unbranched alkanes of at least 4 members (excludes halogenated alkanes) is 1. The van der Waals surface area contributed by atoms with Crippen molar-refractivity contribution in [1.29, 1.82) is 0 Å². The zero-order chi connectivity index (χ0) is 74.8. The van der Waals surface area contributed by atoms with Gasteiger partial charge >= 0.3 is 12.2 Å². The van der Waals surface area contributed by atoms with Crippen LogP contribution < -0.4 is 9.47 Å². The van der Waals surface area contributed by atoms with Crippen LogP contribution >= 0.6 is 0 Å². The number of carbonyl (C=O) groups is 4. The predicted octanol–water partition coefficient (Wildman–Crippen LogP) is 18.2. The minimum Gasteiger partial charge on any atom is -0.476 e. The van der Waals surface area contributed by atoms with E-state index in [0.29, 0.717) is 105 Å². The van der Waals surface area contributed by atoms with Gasteiger partial charge in [-0.05, 0) is 199 Å². The van der Waals surface area contributed by atoms with Gasteiger partial charge in [0.05, 0.1) is 34.9 Å². The van der Waals surface area contributed by atoms with Gasteiger partial charge in [-0.3, -0.25) is 9.59 Å². The van der Waals surface area contributed by atoms with E-state index in [9.17, 15) is 19.2 Å². The summed E-state index contributed by atoms with van der Waals surface area (Å²) in [6, 6.07) is 39.5. The molecule has 2 fully saturated rings. The fraction of sp³-hybridized carbons (Fsp3) is 0.446. The van der Waals surface area contributed by atoms with Gasteiger partial charge < -0.3 is 43.3 Å². The standard InChI is InChI=1S/C41H51FN4O5.C41H49FN4O5.CH4O/c2*1-6-32(47)17-11-13-23-45(40(48)51-41(3,4)5)24-26-49-36-22-20-31(28-43-36)38(33(7-2)29-15-9-8-10-16-29)30-19-21-35-34(27-30)39(42)44-46(35)37-18-12-14-25-50-37;1-2/h8-10,15-16,19-22,27-28,37H,6-7,11-14,17-18,23-26H2,1-5H3;8-11,15-17,19-22,27-28,37H,6-7,12-14,18,23-26H2,1-5H3;2H,1H3/b38-33-;17-11+,38-33-;. The third-order valence-corrected chi connectivity index (χ3v) is 17.6. The van der Waals surface area contributed by atoms with Crippen LogP contribution in [-0.2, 0) is 28.5 Å². The van der Waals surface area contributed by atoms with Gasteiger partial charge in [0.25, 0.3) is 0 Å². The van der Waals surface area contributed by atoms with Crippen LogP contribution in [0.2, 0.25) is 0 Å². The highest BCUT2D eigenvalue weighted by atomic mass is 19.1. The van der Waals surface area contributed by atoms with Crippen molar-refractivity contribution in [2.24, 2.45) is 0 Å². The van der Waals surface area contributed by atoms with Gasteiger partial charge in [0, 0.05) is 88.3 Å². The van der Waals surface area contributed by atoms with E-state index >= 15 is 8.78 Å². The molecule has 21 heteroatoms. The number of allylic oxidation sites excluding steroid dienone is 3. The van der Waals surface area contributed by atoms with Crippen molar-refractivity contribution in [3.8, 4) is 11.8 Å². The van der Waals surface area contributed by atoms with Gasteiger partial charge in [-0.25, -0.2) is 28.9 Å². The smallest absolute Gasteiger partial charge is 0.410 e. The van der Waals surface area contributed by atoms with Gasteiger partial charge in [-0.15, -0.1) is 10.2 Å². The zero-order valence-electron chi connectivity index (χ0n) is 62.4. The molecule has 2 atom stereocenters. The molecule has 2 amide bonds. The molecule has 4 aromatic heterocycles. The number of ether oxygens (including phenoxy) is 6. The van der Waals surface area contributed by atoms with E-state index < -0.39 is 35.3 Å². The third-order valence-electron chi connectivity index (χ3n) is 17.6. The molecule has 19 nitrogen and oxygen atoms in total. The van der Waals surface area contributed by atoms with E-state index in [-0.39, 0.29) is 43.8 Å². The molecule has 6 heterocycles. The number of hydrogen-bond donors (Lipinski definition) is 1. The summed E-state index contributed by atoms with van der Waals surface area (Å²) >= 11 is 0. The Kier molecular flexibility index (Phi) is 30.4. The van der Waals surface area contributed by atoms with Crippen molar-refractivity contribution in [3.05, 3.63) is 191 Å². The average molecular weight is 1430 g/mol. The molecule has 0 aliphatic carbocycles. The molecule has 0 radical (unpaired) electrons. The number of amides is 2. The number of ketones is 2. The molecular weight excluding hydrogens is 1320 g/mol. The second-order valence-corrected chi connectivity index (χ2v) is 27.5. The third kappa shape index (κ3) is 22.8. The quantitative estimate of drug-likeness (QED) is 0.0262. The largest absolute Gasteiger partial charge is 0.476 e. The van der Waals surface area contributed by atoms with E-state index in [1.54, 1.807) is 43.7 Å². The van der Waals surface area contributed by atoms with Crippen LogP contribution in [0.15, 0.2) is 146 Å². The lowest BCUT2D eigenvalue weighted by atomic mass is 9.88. The molecule has 10 rings (SSSR count). The Bertz CT molecular complexity index is 4170. The first kappa shape index (κ1) is 80.2. The van der Waals surface area contributed by atoms with Crippen molar-refractivity contribution >= 4 is 67.9 Å². The molecule has 0 saturated carbocycles. The van der Waals surface area contributed by atoms with Crippen LogP contribution in [0.25, 0.3) is 44.1 Å². The van der Waals surface area contributed by atoms with E-state index in [2.05, 4.69) is 58.3 Å². The summed E-state index contributed by atoms with van der Waals surface area (Å²) in [6.07, 6.45) is 16.0. The summed E-state index contributed by atoms with van der Waals surface area (Å²) in [6.45, 7) is 22.0. The fourth-order valence-electron chi connectivity index (χ4n) is 12.5. The second-order valence-electron chi connectivity index (χ2n) is 27.5. The average Bonchev–Trinajstić information content (AvgIpc) is 1.43. The van der Waals surface area contributed by atoms with E-state index in [1.807, 2.05) is 152 Å². The van der Waals surface area contributed by atoms with Crippen LogP contribution in [0.3, 0.4) is 0 Å². The highest BCUT2D eigenvalue weighted by Gasteiger charge is 2.28. The molecule has 2 saturated heterocycles. The lowest BCUT2D eigenvalue weighted by Crippen LogP contribution is -2.39. The molecule has 556 valence electrons. The van der Waals surface area contributed by atoms with Crippen molar-refractivity contribution in [2.45, 2.75) is 183 Å². The predicted molar refractivity (Wildman–Crippen MR) is 404 cm³/mol. The van der Waals surface area contributed by atoms with E-state index in [4.69, 9.17) is 33.5 Å². The number of pyridine rings is 2. The molecule has 0 bridgehead atoms. The van der Waals surface area contributed by atoms with Crippen LogP contribution in [0.5, 0.6) is 11.8 Å². The maximum absolute atomic E-state index is 15.4. The van der Waals surface area contributed by atoms with Gasteiger partial charge in [-0.2, -0.15) is 8.78 Å². The number of aliphatic hydroxyl groups excluding tert-OH is 1. The van der Waals surface area contributed by atoms with Crippen molar-refractivity contribution in [2.75, 3.05) is 59.7 Å². The molecule has 104 heavy (non-hydrogen) atoms. The Labute approximate surface area is 611 Å². The Morgan fingerprint density at radius 2 is 0.981 bits per heavy atom. The maximum Gasteiger partial charge on any atom is 0.410 e. The number of fused-ring (bicyclic) bond motifs is 2. The number of benzene rings is 4. The van der Waals surface area contributed by atoms with Crippen molar-refractivity contribution < 1.29 is 61.5 Å². The molecular formula is C83H104F2N8O11. The number of aromatic nitrogens is 6. The van der Waals surface area contributed by atoms with Crippen LogP contribution in [0.4, 0.5) is 18.4 Å². The van der Waals surface area contributed by atoms with Crippen LogP contribution in [0, 0.1) is 11.9 Å². The minimum atomic E-state index is -0.648. The monoisotopic (exact) mass is 1430 g/mol. The number of aliphatic hydroxyl groups is 1. The number of carbonyl (C=O) groups excluding carboxylic acids is 4. The number of rotatable bonds is 29. The topological polar surface area (TPSA) is 212 Å². The molecule has 2 aliphatic rings. The second kappa shape index (κ2) is 39.4. The Morgan fingerprint density at radius 3 is 1.37 bits per heavy atom. The maximum atomic E-state index is 15.4. The molecule has 0 spiro atoms. The summed E-state index contributed by atoms with van der Waals surface area (Å²) < 4.78 is 69.3. The first-order valence-electron chi connectivity index (χ1n) is 36.6. The van der Waals surface area contributed by atoms with Crippen molar-refractivity contribution in [3.63, 3.8) is 0 Å². The molecule has 8 aromatic rings. The number of hydrogen-bond acceptors (Lipinski definition) is 15. The van der Waals surface area contributed by atoms with Crippen LogP contribution in [-0.4, -0.2) is 139 Å². The molecule has 1 N–H and O–H groups in total. The fourth-order valence-corrected chi connectivity index (χ4v) is 12.5. The molecule has 2 aliphatic heterocycles. The lowest BCUT2D eigenvalue weighted by molar-refractivity contribution is -0.119. The summed E-state index contributed by atoms with van der Waals surface area (Å²) in [5.74, 6) is 0.0458. The van der Waals surface area contributed by atoms with Gasteiger partial charge in [0.15, 0.2) is 18.2 Å². The summed E-state index contributed by atoms with van der Waals surface area (Å²) in [5, 5.41) is 16.4. The number of halogens is 2. The first-order valence-corrected chi connectivity index (χ1v) is 36.6. The minimum absolute atomic E-state index is 0.0399. The van der Waals surface area contributed by atoms with Gasteiger partial charge in [-0.1, -0.05) is 107 Å². The SMILES string of the molecule is CCC(=O)/C=C/CCN(CCOc1ccc(/C(=C(/CC)c2ccccc2)c2ccc3c(c2)c(F)nn3C2CCCCO2)cn1)C(=O)OC(C)(C)C.CCC(=O)CCCCN(CCOc1ccc(/C(=C(/CC)c2ccccc2)c2ccc3c(c2)c(F)nn3C2CCCCO2)cn1)C(=O)OC(C)(C)C.CO. The van der Waals surface area contributed by atoms with Gasteiger partial charge in [0.1, 0.15) is 30.2 Å². The van der Waals surface area contributed by atoms with Crippen LogP contribution in [0.1, 0.15) is 205 Å². The highest BCUT2D eigenvalue weighted by Crippen LogP contribution is 2.40. The van der Waals surface area contributed by atoms with Crippen molar-refractivity contribution in [1.82, 2.24) is 39.3 Å². The molecule has 2 unspecified atom stereocenters. The molecule has 4 aromatic carbocycles. The Hall–Kier alpha value is -9.44. The normalized spacial score (nSPS) is 15.2. The number of Topliss-reactive ketones (excluding diaryl/α,β-unsaturated/α-hetero) is 1. The van der Waals surface area contributed by atoms with E-state index in [1.165, 1.54) is 0 Å². The lowest BCUT2D eigenvalue weighted by Gasteiger charge is -2.27. The zero-order valence-corrected chi connectivity index (χ0v) is 62.4. The Balaban J connectivity index is 0.000000257. The summed E-state index contributed by atoms with van der Waals surface area (Å²) in [4.78, 5) is 61.8. The number of nitrogens with zero attached hydrogens (tertiary/aromatic N) is 8. The van der Waals surface area contributed by atoms with Gasteiger partial charge in [0.2, 0.25) is 23.7 Å². The summed E-state index contributed by atoms with van der Waals surface area (Å²) in [5.41, 5.74) is 9.78. The summed E-state index contributed by atoms with van der Waals surface area (Å²) in [7, 11) is 1.00. The Morgan fingerprint density at radius 1 is 0.538 bits per heavy atom. The first-order chi connectivity index (χ1) is 50.1. The van der Waals surface area contributed by atoms with E-state index in [0.717, 1.165) is 114 Å².